The smallest absolute Gasteiger partial charge is 0.252 e. The number of benzene rings is 1. The summed E-state index contributed by atoms with van der Waals surface area (Å²) in [6.45, 7) is 6.27. The van der Waals surface area contributed by atoms with Crippen molar-refractivity contribution < 1.29 is 9.53 Å². The van der Waals surface area contributed by atoms with Gasteiger partial charge in [0, 0.05) is 30.6 Å². The van der Waals surface area contributed by atoms with Crippen molar-refractivity contribution >= 4 is 17.7 Å². The zero-order chi connectivity index (χ0) is 14.4. The molecule has 4 nitrogen and oxygen atoms in total. The van der Waals surface area contributed by atoms with Crippen molar-refractivity contribution in [2.45, 2.75) is 17.9 Å². The number of ether oxygens (including phenoxy) is 1. The number of nitrogens with one attached hydrogen (secondary N) is 1. The Bertz CT molecular complexity index is 447. The fourth-order valence-corrected chi connectivity index (χ4v) is 2.91. The van der Waals surface area contributed by atoms with Crippen LogP contribution < -0.4 is 5.32 Å². The van der Waals surface area contributed by atoms with E-state index in [-0.39, 0.29) is 5.91 Å². The number of hydrogen-bond donors (Lipinski definition) is 1. The average Bonchev–Trinajstić information content (AvgIpc) is 2.53. The molecule has 0 saturated carbocycles. The molecular weight excluding hydrogens is 272 g/mol. The molecule has 0 aromatic heterocycles. The van der Waals surface area contributed by atoms with Crippen LogP contribution in [0.1, 0.15) is 17.3 Å². The molecule has 0 aliphatic carbocycles. The van der Waals surface area contributed by atoms with Gasteiger partial charge in [0.25, 0.3) is 5.91 Å². The van der Waals surface area contributed by atoms with Gasteiger partial charge in [-0.15, -0.1) is 11.8 Å². The first-order valence-corrected chi connectivity index (χ1v) is 8.18. The van der Waals surface area contributed by atoms with Crippen LogP contribution in [-0.2, 0) is 4.74 Å². The van der Waals surface area contributed by atoms with Gasteiger partial charge in [-0.3, -0.25) is 9.69 Å². The van der Waals surface area contributed by atoms with Gasteiger partial charge in [-0.1, -0.05) is 12.1 Å². The van der Waals surface area contributed by atoms with Gasteiger partial charge < -0.3 is 10.1 Å². The van der Waals surface area contributed by atoms with Crippen LogP contribution in [0.2, 0.25) is 0 Å². The lowest BCUT2D eigenvalue weighted by molar-refractivity contribution is 0.0204. The summed E-state index contributed by atoms with van der Waals surface area (Å²) in [5.74, 6) is 0.00931. The van der Waals surface area contributed by atoms with Gasteiger partial charge in [-0.2, -0.15) is 0 Å². The minimum Gasteiger partial charge on any atom is -0.379 e. The largest absolute Gasteiger partial charge is 0.379 e. The number of rotatable bonds is 5. The summed E-state index contributed by atoms with van der Waals surface area (Å²) in [6, 6.07) is 8.05. The zero-order valence-corrected chi connectivity index (χ0v) is 12.9. The Labute approximate surface area is 124 Å². The third-order valence-corrected chi connectivity index (χ3v) is 4.37. The molecule has 1 aromatic carbocycles. The number of hydrogen-bond acceptors (Lipinski definition) is 4. The normalized spacial score (nSPS) is 17.7. The highest BCUT2D eigenvalue weighted by atomic mass is 32.2. The van der Waals surface area contributed by atoms with E-state index in [1.807, 2.05) is 30.5 Å². The van der Waals surface area contributed by atoms with Gasteiger partial charge in [-0.25, -0.2) is 0 Å². The van der Waals surface area contributed by atoms with E-state index >= 15 is 0 Å². The summed E-state index contributed by atoms with van der Waals surface area (Å²) in [7, 11) is 0. The summed E-state index contributed by atoms with van der Waals surface area (Å²) in [5.41, 5.74) is 0.758. The van der Waals surface area contributed by atoms with E-state index in [1.165, 1.54) is 0 Å². The summed E-state index contributed by atoms with van der Waals surface area (Å²) in [5, 5.41) is 3.04. The maximum absolute atomic E-state index is 12.2. The monoisotopic (exact) mass is 294 g/mol. The first kappa shape index (κ1) is 15.4. The zero-order valence-electron chi connectivity index (χ0n) is 12.1. The topological polar surface area (TPSA) is 41.6 Å². The minimum atomic E-state index is 0.00931. The first-order chi connectivity index (χ1) is 9.72. The van der Waals surface area contributed by atoms with Crippen molar-refractivity contribution in [1.29, 1.82) is 0 Å². The van der Waals surface area contributed by atoms with E-state index in [0.29, 0.717) is 12.6 Å². The van der Waals surface area contributed by atoms with E-state index in [2.05, 4.69) is 17.1 Å². The summed E-state index contributed by atoms with van der Waals surface area (Å²) >= 11 is 1.60. The highest BCUT2D eigenvalue weighted by Crippen LogP contribution is 2.19. The van der Waals surface area contributed by atoms with Crippen LogP contribution in [0.4, 0.5) is 0 Å². The number of carbonyl (C=O) groups excluding carboxylic acids is 1. The molecule has 0 bridgehead atoms. The van der Waals surface area contributed by atoms with Crippen LogP contribution >= 0.6 is 11.8 Å². The predicted octanol–water partition coefficient (Wildman–Crippen LogP) is 1.86. The molecule has 2 rings (SSSR count). The summed E-state index contributed by atoms with van der Waals surface area (Å²) in [6.07, 6.45) is 1.99. The van der Waals surface area contributed by atoms with E-state index in [1.54, 1.807) is 11.8 Å². The molecule has 1 amide bonds. The van der Waals surface area contributed by atoms with Crippen molar-refractivity contribution in [3.8, 4) is 0 Å². The Morgan fingerprint density at radius 2 is 2.10 bits per heavy atom. The Balaban J connectivity index is 1.88. The lowest BCUT2D eigenvalue weighted by Gasteiger charge is -2.32. The Kier molecular flexibility index (Phi) is 5.88. The molecular formula is C15H22N2O2S. The minimum absolute atomic E-state index is 0.00931. The van der Waals surface area contributed by atoms with Crippen LogP contribution in [0.15, 0.2) is 29.2 Å². The molecule has 1 atom stereocenters. The second-order valence-electron chi connectivity index (χ2n) is 4.91. The fraction of sp³-hybridized carbons (Fsp3) is 0.533. The molecule has 5 heteroatoms. The lowest BCUT2D eigenvalue weighted by Crippen LogP contribution is -2.47. The number of amides is 1. The first-order valence-electron chi connectivity index (χ1n) is 6.95. The molecule has 0 spiro atoms. The van der Waals surface area contributed by atoms with Crippen molar-refractivity contribution in [2.75, 3.05) is 39.1 Å². The lowest BCUT2D eigenvalue weighted by atomic mass is 10.2. The molecule has 1 aliphatic heterocycles. The second kappa shape index (κ2) is 7.67. The molecule has 1 fully saturated rings. The number of carbonyl (C=O) groups is 1. The van der Waals surface area contributed by atoms with Crippen molar-refractivity contribution in [3.63, 3.8) is 0 Å². The van der Waals surface area contributed by atoms with Crippen molar-refractivity contribution in [2.24, 2.45) is 0 Å². The Hall–Kier alpha value is -1.04. The van der Waals surface area contributed by atoms with E-state index < -0.39 is 0 Å². The highest BCUT2D eigenvalue weighted by molar-refractivity contribution is 7.98. The summed E-state index contributed by atoms with van der Waals surface area (Å²) < 4.78 is 5.34. The number of morpholine rings is 1. The molecule has 1 saturated heterocycles. The molecule has 1 heterocycles. The molecule has 0 radical (unpaired) electrons. The average molecular weight is 294 g/mol. The molecule has 20 heavy (non-hydrogen) atoms. The van der Waals surface area contributed by atoms with Gasteiger partial charge in [0.2, 0.25) is 0 Å². The maximum Gasteiger partial charge on any atom is 0.252 e. The van der Waals surface area contributed by atoms with E-state index in [4.69, 9.17) is 4.74 Å². The van der Waals surface area contributed by atoms with Crippen molar-refractivity contribution in [1.82, 2.24) is 10.2 Å². The molecule has 1 aromatic rings. The van der Waals surface area contributed by atoms with Gasteiger partial charge in [0.15, 0.2) is 0 Å². The standard InChI is InChI=1S/C15H22N2O2S/c1-12(17-7-9-19-10-8-17)11-16-15(18)13-5-3-4-6-14(13)20-2/h3-6,12H,7-11H2,1-2H3,(H,16,18)/t12-/m0/s1. The molecule has 0 unspecified atom stereocenters. The maximum atomic E-state index is 12.2. The highest BCUT2D eigenvalue weighted by Gasteiger charge is 2.18. The third kappa shape index (κ3) is 3.98. The van der Waals surface area contributed by atoms with Crippen molar-refractivity contribution in [3.05, 3.63) is 29.8 Å². The fourth-order valence-electron chi connectivity index (χ4n) is 2.32. The Morgan fingerprint density at radius 3 is 2.80 bits per heavy atom. The molecule has 110 valence electrons. The van der Waals surface area contributed by atoms with Crippen LogP contribution in [0.3, 0.4) is 0 Å². The Morgan fingerprint density at radius 1 is 1.40 bits per heavy atom. The van der Waals surface area contributed by atoms with Gasteiger partial charge >= 0.3 is 0 Å². The number of nitrogens with zero attached hydrogens (tertiary/aromatic N) is 1. The predicted molar refractivity (Wildman–Crippen MR) is 82.4 cm³/mol. The second-order valence-corrected chi connectivity index (χ2v) is 5.76. The third-order valence-electron chi connectivity index (χ3n) is 3.58. The van der Waals surface area contributed by atoms with Crippen LogP contribution in [-0.4, -0.2) is 56.0 Å². The van der Waals surface area contributed by atoms with Gasteiger partial charge in [0.1, 0.15) is 0 Å². The SMILES string of the molecule is CSc1ccccc1C(=O)NC[C@H](C)N1CCOCC1. The molecule has 1 aliphatic rings. The number of thioether (sulfide) groups is 1. The quantitative estimate of drug-likeness (QED) is 0.842. The summed E-state index contributed by atoms with van der Waals surface area (Å²) in [4.78, 5) is 15.6. The van der Waals surface area contributed by atoms with Crippen LogP contribution in [0.25, 0.3) is 0 Å². The van der Waals surface area contributed by atoms with Gasteiger partial charge in [-0.05, 0) is 25.3 Å². The molecule has 1 N–H and O–H groups in total. The van der Waals surface area contributed by atoms with Crippen LogP contribution in [0.5, 0.6) is 0 Å². The van der Waals surface area contributed by atoms with E-state index in [0.717, 1.165) is 36.8 Å². The van der Waals surface area contributed by atoms with Gasteiger partial charge in [0.05, 0.1) is 18.8 Å². The van der Waals surface area contributed by atoms with Crippen LogP contribution in [0, 0.1) is 0 Å². The van der Waals surface area contributed by atoms with E-state index in [9.17, 15) is 4.79 Å².